The summed E-state index contributed by atoms with van der Waals surface area (Å²) >= 11 is 1.66. The van der Waals surface area contributed by atoms with Crippen molar-refractivity contribution in [1.29, 1.82) is 0 Å². The molecule has 0 radical (unpaired) electrons. The van der Waals surface area contributed by atoms with Crippen LogP contribution in [0.3, 0.4) is 0 Å². The van der Waals surface area contributed by atoms with Gasteiger partial charge in [0.1, 0.15) is 0 Å². The zero-order valence-corrected chi connectivity index (χ0v) is 13.8. The molecule has 0 saturated heterocycles. The number of nitrogens with two attached hydrogens (primary N) is 1. The monoisotopic (exact) mass is 309 g/mol. The number of aryl methyl sites for hydroxylation is 3. The smallest absolute Gasteiger partial charge is 0.187 e. The molecule has 0 bridgehead atoms. The Kier molecular flexibility index (Phi) is 3.86. The number of nitrogen functional groups attached to an aromatic ring is 1. The molecule has 0 fully saturated rings. The second-order valence-electron chi connectivity index (χ2n) is 5.49. The molecule has 3 aromatic rings. The van der Waals surface area contributed by atoms with Crippen LogP contribution in [0.5, 0.6) is 0 Å². The standard InChI is InChI=1S/C18H19N3S/c1-11-4-7-14(8-5-11)17-13(3)22-18(21-17)20-15-9-6-12(2)16(19)10-15/h4-10H,19H2,1-3H3,(H,20,21). The Morgan fingerprint density at radius 1 is 1.00 bits per heavy atom. The first kappa shape index (κ1) is 14.6. The number of nitrogens with one attached hydrogen (secondary N) is 1. The van der Waals surface area contributed by atoms with Gasteiger partial charge in [0.25, 0.3) is 0 Å². The highest BCUT2D eigenvalue weighted by Gasteiger charge is 2.10. The molecule has 3 N–H and O–H groups in total. The van der Waals surface area contributed by atoms with Gasteiger partial charge in [0.2, 0.25) is 0 Å². The SMILES string of the molecule is Cc1ccc(-c2nc(Nc3ccc(C)c(N)c3)sc2C)cc1. The van der Waals surface area contributed by atoms with Crippen LogP contribution < -0.4 is 11.1 Å². The van der Waals surface area contributed by atoms with Gasteiger partial charge >= 0.3 is 0 Å². The molecular weight excluding hydrogens is 290 g/mol. The van der Waals surface area contributed by atoms with E-state index in [0.717, 1.165) is 33.3 Å². The molecule has 0 aliphatic heterocycles. The van der Waals surface area contributed by atoms with E-state index in [1.807, 2.05) is 25.1 Å². The van der Waals surface area contributed by atoms with Crippen molar-refractivity contribution in [3.63, 3.8) is 0 Å². The molecule has 22 heavy (non-hydrogen) atoms. The van der Waals surface area contributed by atoms with Crippen LogP contribution in [0.15, 0.2) is 42.5 Å². The van der Waals surface area contributed by atoms with Gasteiger partial charge in [-0.15, -0.1) is 11.3 Å². The highest BCUT2D eigenvalue weighted by Crippen LogP contribution is 2.32. The third-order valence-corrected chi connectivity index (χ3v) is 4.54. The minimum atomic E-state index is 0.789. The highest BCUT2D eigenvalue weighted by atomic mass is 32.1. The molecule has 2 aromatic carbocycles. The number of benzene rings is 2. The van der Waals surface area contributed by atoms with Crippen LogP contribution in [0, 0.1) is 20.8 Å². The van der Waals surface area contributed by atoms with Gasteiger partial charge in [-0.1, -0.05) is 35.9 Å². The number of rotatable bonds is 3. The molecule has 0 amide bonds. The average molecular weight is 309 g/mol. The molecule has 0 aliphatic rings. The van der Waals surface area contributed by atoms with Crippen LogP contribution in [0.4, 0.5) is 16.5 Å². The van der Waals surface area contributed by atoms with Crippen LogP contribution in [-0.2, 0) is 0 Å². The van der Waals surface area contributed by atoms with Crippen LogP contribution in [0.1, 0.15) is 16.0 Å². The molecule has 0 aliphatic carbocycles. The Morgan fingerprint density at radius 2 is 1.73 bits per heavy atom. The van der Waals surface area contributed by atoms with Crippen LogP contribution in [0.2, 0.25) is 0 Å². The summed E-state index contributed by atoms with van der Waals surface area (Å²) in [7, 11) is 0. The van der Waals surface area contributed by atoms with Gasteiger partial charge in [0, 0.05) is 21.8 Å². The Bertz CT molecular complexity index is 804. The fourth-order valence-electron chi connectivity index (χ4n) is 2.27. The fraction of sp³-hybridized carbons (Fsp3) is 0.167. The average Bonchev–Trinajstić information content (AvgIpc) is 2.84. The van der Waals surface area contributed by atoms with Crippen molar-refractivity contribution in [2.24, 2.45) is 0 Å². The molecule has 3 nitrogen and oxygen atoms in total. The van der Waals surface area contributed by atoms with E-state index in [4.69, 9.17) is 10.7 Å². The maximum absolute atomic E-state index is 5.96. The van der Waals surface area contributed by atoms with E-state index in [1.165, 1.54) is 10.4 Å². The summed E-state index contributed by atoms with van der Waals surface area (Å²) in [5.41, 5.74) is 12.2. The minimum absolute atomic E-state index is 0.789. The van der Waals surface area contributed by atoms with E-state index >= 15 is 0 Å². The predicted molar refractivity (Wildman–Crippen MR) is 95.9 cm³/mol. The van der Waals surface area contributed by atoms with Crippen molar-refractivity contribution in [1.82, 2.24) is 4.98 Å². The molecular formula is C18H19N3S. The maximum atomic E-state index is 5.96. The number of aromatic nitrogens is 1. The normalized spacial score (nSPS) is 10.7. The largest absolute Gasteiger partial charge is 0.398 e. The quantitative estimate of drug-likeness (QED) is 0.665. The molecule has 0 unspecified atom stereocenters. The van der Waals surface area contributed by atoms with Crippen molar-refractivity contribution < 1.29 is 0 Å². The van der Waals surface area contributed by atoms with E-state index in [2.05, 4.69) is 43.4 Å². The number of nitrogens with zero attached hydrogens (tertiary/aromatic N) is 1. The van der Waals surface area contributed by atoms with E-state index in [-0.39, 0.29) is 0 Å². The topological polar surface area (TPSA) is 50.9 Å². The van der Waals surface area contributed by atoms with Crippen molar-refractivity contribution in [2.75, 3.05) is 11.1 Å². The number of anilines is 3. The third-order valence-electron chi connectivity index (χ3n) is 3.65. The Labute approximate surface area is 134 Å². The van der Waals surface area contributed by atoms with E-state index in [0.29, 0.717) is 0 Å². The van der Waals surface area contributed by atoms with E-state index in [9.17, 15) is 0 Å². The zero-order valence-electron chi connectivity index (χ0n) is 13.0. The van der Waals surface area contributed by atoms with Crippen molar-refractivity contribution >= 4 is 27.8 Å². The molecule has 4 heteroatoms. The first-order valence-electron chi connectivity index (χ1n) is 7.20. The lowest BCUT2D eigenvalue weighted by Gasteiger charge is -2.05. The third kappa shape index (κ3) is 2.97. The minimum Gasteiger partial charge on any atom is -0.398 e. The second-order valence-corrected chi connectivity index (χ2v) is 6.69. The van der Waals surface area contributed by atoms with Gasteiger partial charge in [-0.2, -0.15) is 0 Å². The molecule has 3 rings (SSSR count). The fourth-order valence-corrected chi connectivity index (χ4v) is 3.13. The van der Waals surface area contributed by atoms with Gasteiger partial charge in [0.15, 0.2) is 5.13 Å². The van der Waals surface area contributed by atoms with Crippen molar-refractivity contribution in [2.45, 2.75) is 20.8 Å². The first-order chi connectivity index (χ1) is 10.5. The van der Waals surface area contributed by atoms with Gasteiger partial charge in [-0.05, 0) is 38.5 Å². The summed E-state index contributed by atoms with van der Waals surface area (Å²) in [6.07, 6.45) is 0. The highest BCUT2D eigenvalue weighted by molar-refractivity contribution is 7.16. The summed E-state index contributed by atoms with van der Waals surface area (Å²) in [5, 5.41) is 4.23. The summed E-state index contributed by atoms with van der Waals surface area (Å²) in [6.45, 7) is 6.19. The lowest BCUT2D eigenvalue weighted by molar-refractivity contribution is 1.35. The van der Waals surface area contributed by atoms with E-state index in [1.54, 1.807) is 11.3 Å². The van der Waals surface area contributed by atoms with Crippen LogP contribution >= 0.6 is 11.3 Å². The Hall–Kier alpha value is -2.33. The number of thiazole rings is 1. The summed E-state index contributed by atoms with van der Waals surface area (Å²) in [4.78, 5) is 5.92. The lowest BCUT2D eigenvalue weighted by Crippen LogP contribution is -1.94. The molecule has 112 valence electrons. The Balaban J connectivity index is 1.88. The summed E-state index contributed by atoms with van der Waals surface area (Å²) in [5.74, 6) is 0. The number of hydrogen-bond acceptors (Lipinski definition) is 4. The molecule has 1 aromatic heterocycles. The number of hydrogen-bond donors (Lipinski definition) is 2. The predicted octanol–water partition coefficient (Wildman–Crippen LogP) is 5.06. The van der Waals surface area contributed by atoms with Crippen LogP contribution in [0.25, 0.3) is 11.3 Å². The zero-order chi connectivity index (χ0) is 15.7. The van der Waals surface area contributed by atoms with Gasteiger partial charge < -0.3 is 11.1 Å². The van der Waals surface area contributed by atoms with Gasteiger partial charge in [-0.3, -0.25) is 0 Å². The molecule has 1 heterocycles. The summed E-state index contributed by atoms with van der Waals surface area (Å²) in [6, 6.07) is 14.4. The van der Waals surface area contributed by atoms with Gasteiger partial charge in [0.05, 0.1) is 5.69 Å². The van der Waals surface area contributed by atoms with E-state index < -0.39 is 0 Å². The first-order valence-corrected chi connectivity index (χ1v) is 8.02. The Morgan fingerprint density at radius 3 is 2.41 bits per heavy atom. The molecule has 0 atom stereocenters. The summed E-state index contributed by atoms with van der Waals surface area (Å²) < 4.78 is 0. The lowest BCUT2D eigenvalue weighted by atomic mass is 10.1. The van der Waals surface area contributed by atoms with Crippen LogP contribution in [-0.4, -0.2) is 4.98 Å². The maximum Gasteiger partial charge on any atom is 0.187 e. The molecule has 0 spiro atoms. The van der Waals surface area contributed by atoms with Crippen molar-refractivity contribution in [3.8, 4) is 11.3 Å². The van der Waals surface area contributed by atoms with Crippen molar-refractivity contribution in [3.05, 3.63) is 58.5 Å². The van der Waals surface area contributed by atoms with Gasteiger partial charge in [-0.25, -0.2) is 4.98 Å². The molecule has 0 saturated carbocycles. The second kappa shape index (κ2) is 5.81.